The summed E-state index contributed by atoms with van der Waals surface area (Å²) in [6.07, 6.45) is 5.84. The topological polar surface area (TPSA) is 65.5 Å². The SMILES string of the molecule is O=C(CN1CCN(c2nc(-c3cccnc3)nc3ccccc23)CC1)N1CCCC1. The number of anilines is 1. The number of hydrogen-bond donors (Lipinski definition) is 0. The van der Waals surface area contributed by atoms with E-state index in [9.17, 15) is 4.79 Å². The zero-order chi connectivity index (χ0) is 20.3. The van der Waals surface area contributed by atoms with Crippen molar-refractivity contribution in [2.24, 2.45) is 0 Å². The molecular weight excluding hydrogens is 376 g/mol. The zero-order valence-electron chi connectivity index (χ0n) is 17.1. The Kier molecular flexibility index (Phi) is 5.27. The fraction of sp³-hybridized carbons (Fsp3) is 0.391. The van der Waals surface area contributed by atoms with Crippen LogP contribution < -0.4 is 4.90 Å². The maximum absolute atomic E-state index is 12.5. The predicted molar refractivity (Wildman–Crippen MR) is 117 cm³/mol. The van der Waals surface area contributed by atoms with Gasteiger partial charge < -0.3 is 9.80 Å². The number of carbonyl (C=O) groups excluding carboxylic acids is 1. The van der Waals surface area contributed by atoms with Crippen LogP contribution in [0.1, 0.15) is 12.8 Å². The van der Waals surface area contributed by atoms with E-state index in [0.29, 0.717) is 12.4 Å². The zero-order valence-corrected chi connectivity index (χ0v) is 17.1. The van der Waals surface area contributed by atoms with Crippen LogP contribution in [0.3, 0.4) is 0 Å². The van der Waals surface area contributed by atoms with Crippen molar-refractivity contribution in [1.82, 2.24) is 24.8 Å². The molecular formula is C23H26N6O. The highest BCUT2D eigenvalue weighted by molar-refractivity contribution is 5.91. The van der Waals surface area contributed by atoms with Crippen LogP contribution >= 0.6 is 0 Å². The average molecular weight is 403 g/mol. The molecule has 5 rings (SSSR count). The number of fused-ring (bicyclic) bond motifs is 1. The molecule has 1 amide bonds. The van der Waals surface area contributed by atoms with Crippen LogP contribution in [0.15, 0.2) is 48.8 Å². The summed E-state index contributed by atoms with van der Waals surface area (Å²) >= 11 is 0. The summed E-state index contributed by atoms with van der Waals surface area (Å²) in [6, 6.07) is 12.1. The number of aromatic nitrogens is 3. The molecule has 30 heavy (non-hydrogen) atoms. The first-order valence-electron chi connectivity index (χ1n) is 10.7. The van der Waals surface area contributed by atoms with Gasteiger partial charge in [0.15, 0.2) is 5.82 Å². The molecule has 7 nitrogen and oxygen atoms in total. The van der Waals surface area contributed by atoms with E-state index in [1.807, 2.05) is 35.2 Å². The Morgan fingerprint density at radius 3 is 2.47 bits per heavy atom. The molecule has 0 saturated carbocycles. The van der Waals surface area contributed by atoms with Gasteiger partial charge in [-0.3, -0.25) is 14.7 Å². The number of pyridine rings is 1. The number of nitrogens with zero attached hydrogens (tertiary/aromatic N) is 6. The highest BCUT2D eigenvalue weighted by atomic mass is 16.2. The van der Waals surface area contributed by atoms with Crippen LogP contribution in [0.25, 0.3) is 22.3 Å². The van der Waals surface area contributed by atoms with Gasteiger partial charge in [-0.25, -0.2) is 9.97 Å². The van der Waals surface area contributed by atoms with Crippen LogP contribution in [-0.4, -0.2) is 76.5 Å². The first kappa shape index (κ1) is 18.9. The molecule has 4 heterocycles. The van der Waals surface area contributed by atoms with Crippen LogP contribution in [0.4, 0.5) is 5.82 Å². The highest BCUT2D eigenvalue weighted by Crippen LogP contribution is 2.28. The summed E-state index contributed by atoms with van der Waals surface area (Å²) in [5, 5.41) is 1.06. The Labute approximate surface area is 176 Å². The van der Waals surface area contributed by atoms with Gasteiger partial charge in [0.1, 0.15) is 5.82 Å². The maximum Gasteiger partial charge on any atom is 0.236 e. The fourth-order valence-electron chi connectivity index (χ4n) is 4.30. The monoisotopic (exact) mass is 402 g/mol. The Morgan fingerprint density at radius 1 is 0.900 bits per heavy atom. The number of para-hydroxylation sites is 1. The molecule has 0 atom stereocenters. The highest BCUT2D eigenvalue weighted by Gasteiger charge is 2.25. The minimum absolute atomic E-state index is 0.271. The van der Waals surface area contributed by atoms with Gasteiger partial charge in [0, 0.05) is 62.6 Å². The van der Waals surface area contributed by atoms with E-state index in [4.69, 9.17) is 9.97 Å². The lowest BCUT2D eigenvalue weighted by atomic mass is 10.2. The van der Waals surface area contributed by atoms with E-state index >= 15 is 0 Å². The normalized spacial score (nSPS) is 17.6. The first-order chi connectivity index (χ1) is 14.8. The molecule has 0 unspecified atom stereocenters. The van der Waals surface area contributed by atoms with Gasteiger partial charge in [0.05, 0.1) is 12.1 Å². The van der Waals surface area contributed by atoms with Crippen molar-refractivity contribution in [1.29, 1.82) is 0 Å². The van der Waals surface area contributed by atoms with Gasteiger partial charge in [0.25, 0.3) is 0 Å². The molecule has 2 fully saturated rings. The number of rotatable bonds is 4. The van der Waals surface area contributed by atoms with E-state index in [1.165, 1.54) is 0 Å². The number of amides is 1. The molecule has 2 aromatic heterocycles. The van der Waals surface area contributed by atoms with Gasteiger partial charge in [-0.15, -0.1) is 0 Å². The lowest BCUT2D eigenvalue weighted by molar-refractivity contribution is -0.131. The quantitative estimate of drug-likeness (QED) is 0.668. The predicted octanol–water partition coefficient (Wildman–Crippen LogP) is 2.44. The maximum atomic E-state index is 12.5. The average Bonchev–Trinajstić information content (AvgIpc) is 3.35. The number of likely N-dealkylation sites (tertiary alicyclic amines) is 1. The molecule has 0 aliphatic carbocycles. The second-order valence-corrected chi connectivity index (χ2v) is 7.98. The number of benzene rings is 1. The summed E-state index contributed by atoms with van der Waals surface area (Å²) < 4.78 is 0. The van der Waals surface area contributed by atoms with Crippen molar-refractivity contribution in [3.8, 4) is 11.4 Å². The Hall–Kier alpha value is -3.06. The molecule has 0 bridgehead atoms. The Morgan fingerprint density at radius 2 is 1.70 bits per heavy atom. The van der Waals surface area contributed by atoms with Crippen LogP contribution in [0.5, 0.6) is 0 Å². The standard InChI is InChI=1S/C23H26N6O/c30-21(28-10-3-4-11-28)17-27-12-14-29(15-13-27)23-19-7-1-2-8-20(19)25-22(26-23)18-6-5-9-24-16-18/h1-2,5-9,16H,3-4,10-15,17H2. The minimum Gasteiger partial charge on any atom is -0.353 e. The summed E-state index contributed by atoms with van der Waals surface area (Å²) in [5.74, 6) is 1.93. The summed E-state index contributed by atoms with van der Waals surface area (Å²) in [7, 11) is 0. The third kappa shape index (κ3) is 3.85. The van der Waals surface area contributed by atoms with E-state index in [-0.39, 0.29) is 5.91 Å². The molecule has 2 saturated heterocycles. The van der Waals surface area contributed by atoms with E-state index < -0.39 is 0 Å². The largest absolute Gasteiger partial charge is 0.353 e. The molecule has 2 aliphatic rings. The smallest absolute Gasteiger partial charge is 0.236 e. The number of hydrogen-bond acceptors (Lipinski definition) is 6. The Balaban J connectivity index is 1.35. The van der Waals surface area contributed by atoms with Gasteiger partial charge in [-0.05, 0) is 37.1 Å². The molecule has 3 aromatic rings. The fourth-order valence-corrected chi connectivity index (χ4v) is 4.30. The van der Waals surface area contributed by atoms with Crippen molar-refractivity contribution in [2.45, 2.75) is 12.8 Å². The van der Waals surface area contributed by atoms with Gasteiger partial charge in [0.2, 0.25) is 5.91 Å². The van der Waals surface area contributed by atoms with Gasteiger partial charge in [-0.1, -0.05) is 12.1 Å². The number of carbonyl (C=O) groups is 1. The third-order valence-corrected chi connectivity index (χ3v) is 5.99. The van der Waals surface area contributed by atoms with Gasteiger partial charge >= 0.3 is 0 Å². The van der Waals surface area contributed by atoms with Crippen LogP contribution in [0.2, 0.25) is 0 Å². The minimum atomic E-state index is 0.271. The van der Waals surface area contributed by atoms with Crippen molar-refractivity contribution >= 4 is 22.6 Å². The third-order valence-electron chi connectivity index (χ3n) is 5.99. The van der Waals surface area contributed by atoms with Crippen LogP contribution in [-0.2, 0) is 4.79 Å². The second-order valence-electron chi connectivity index (χ2n) is 7.98. The molecule has 2 aliphatic heterocycles. The summed E-state index contributed by atoms with van der Waals surface area (Å²) in [4.78, 5) is 33.0. The molecule has 0 N–H and O–H groups in total. The first-order valence-corrected chi connectivity index (χ1v) is 10.7. The molecule has 0 radical (unpaired) electrons. The molecule has 1 aromatic carbocycles. The van der Waals surface area contributed by atoms with Crippen molar-refractivity contribution < 1.29 is 4.79 Å². The Bertz CT molecular complexity index is 1030. The number of piperazine rings is 1. The molecule has 0 spiro atoms. The molecule has 7 heteroatoms. The van der Waals surface area contributed by atoms with Crippen molar-refractivity contribution in [3.05, 3.63) is 48.8 Å². The second kappa shape index (κ2) is 8.36. The lowest BCUT2D eigenvalue weighted by Gasteiger charge is -2.36. The van der Waals surface area contributed by atoms with E-state index in [0.717, 1.165) is 74.4 Å². The van der Waals surface area contributed by atoms with Gasteiger partial charge in [-0.2, -0.15) is 0 Å². The van der Waals surface area contributed by atoms with E-state index in [2.05, 4.69) is 20.9 Å². The van der Waals surface area contributed by atoms with Crippen LogP contribution in [0, 0.1) is 0 Å². The molecule has 154 valence electrons. The van der Waals surface area contributed by atoms with Crippen molar-refractivity contribution in [3.63, 3.8) is 0 Å². The van der Waals surface area contributed by atoms with E-state index in [1.54, 1.807) is 12.4 Å². The summed E-state index contributed by atoms with van der Waals surface area (Å²) in [6.45, 7) is 5.78. The lowest BCUT2D eigenvalue weighted by Crippen LogP contribution is -2.50. The van der Waals surface area contributed by atoms with Crippen molar-refractivity contribution in [2.75, 3.05) is 50.7 Å². The summed E-state index contributed by atoms with van der Waals surface area (Å²) in [5.41, 5.74) is 1.85.